The van der Waals surface area contributed by atoms with Crippen LogP contribution in [0, 0.1) is 35.5 Å². The predicted molar refractivity (Wildman–Crippen MR) is 259 cm³/mol. The zero-order valence-corrected chi connectivity index (χ0v) is 39.7. The first-order valence-electron chi connectivity index (χ1n) is 23.7. The van der Waals surface area contributed by atoms with Gasteiger partial charge in [-0.3, -0.25) is 18.8 Å². The van der Waals surface area contributed by atoms with E-state index in [0.29, 0.717) is 68.4 Å². The van der Waals surface area contributed by atoms with Crippen LogP contribution < -0.4 is 16.0 Å². The number of fused-ring (bicyclic) bond motifs is 2. The Morgan fingerprint density at radius 2 is 1.12 bits per heavy atom. The summed E-state index contributed by atoms with van der Waals surface area (Å²) in [7, 11) is -1.00. The predicted octanol–water partition coefficient (Wildman–Crippen LogP) is 8.62. The fraction of sp³-hybridized carbons (Fsp3) is 0.583. The van der Waals surface area contributed by atoms with Crippen molar-refractivity contribution in [2.45, 2.75) is 110 Å². The molecule has 6 fully saturated rings. The molecule has 67 heavy (non-hydrogen) atoms. The highest BCUT2D eigenvalue weighted by molar-refractivity contribution is 6.31. The minimum Gasteiger partial charge on any atom is -0.476 e. The van der Waals surface area contributed by atoms with Crippen molar-refractivity contribution in [2.24, 2.45) is 35.5 Å². The topological polar surface area (TPSA) is 189 Å². The molecule has 4 aromatic rings. The van der Waals surface area contributed by atoms with Gasteiger partial charge in [0.15, 0.2) is 11.4 Å². The number of carboxylic acids is 1. The van der Waals surface area contributed by atoms with E-state index in [1.54, 1.807) is 53.2 Å². The van der Waals surface area contributed by atoms with Crippen molar-refractivity contribution in [3.8, 4) is 0 Å². The van der Waals surface area contributed by atoms with Crippen LogP contribution in [0.2, 0.25) is 10.0 Å². The number of aromatic nitrogens is 6. The Bertz CT molecular complexity index is 2230. The van der Waals surface area contributed by atoms with Gasteiger partial charge in [0, 0.05) is 46.3 Å². The zero-order valence-electron chi connectivity index (χ0n) is 38.4. The molecule has 0 bridgehead atoms. The second-order valence-corrected chi connectivity index (χ2v) is 18.9. The van der Waals surface area contributed by atoms with Crippen LogP contribution in [0.3, 0.4) is 0 Å². The Kier molecular flexibility index (Phi) is 19.0. The monoisotopic (exact) mass is 987 g/mol. The summed E-state index contributed by atoms with van der Waals surface area (Å²) in [6, 6.07) is 14.7. The van der Waals surface area contributed by atoms with Gasteiger partial charge in [0.25, 0.3) is 17.7 Å². The molecule has 366 valence electrons. The van der Waals surface area contributed by atoms with E-state index < -0.39 is 13.1 Å². The Hall–Kier alpha value is -4.64. The molecular formula is C48H66Cl3FN10O5. The van der Waals surface area contributed by atoms with Crippen molar-refractivity contribution >= 4 is 59.3 Å². The summed E-state index contributed by atoms with van der Waals surface area (Å²) in [5.41, 5.74) is 1.70. The molecule has 10 atom stereocenters. The highest BCUT2D eigenvalue weighted by atomic mass is 35.5. The average Bonchev–Trinajstić information content (AvgIpc) is 4.03. The lowest BCUT2D eigenvalue weighted by molar-refractivity contribution is 0.0689. The van der Waals surface area contributed by atoms with Gasteiger partial charge < -0.3 is 26.0 Å². The second kappa shape index (κ2) is 24.6. The van der Waals surface area contributed by atoms with Gasteiger partial charge in [-0.1, -0.05) is 54.9 Å². The number of hydrogen-bond acceptors (Lipinski definition) is 9. The Morgan fingerprint density at radius 1 is 0.731 bits per heavy atom. The molecule has 19 heteroatoms. The van der Waals surface area contributed by atoms with Crippen molar-refractivity contribution < 1.29 is 30.0 Å². The van der Waals surface area contributed by atoms with Gasteiger partial charge in [-0.25, -0.2) is 14.2 Å². The van der Waals surface area contributed by atoms with E-state index in [2.05, 4.69) is 50.4 Å². The Balaban J connectivity index is 0.000000215. The van der Waals surface area contributed by atoms with Gasteiger partial charge in [-0.15, -0.1) is 22.6 Å². The first kappa shape index (κ1) is 51.7. The lowest BCUT2D eigenvalue weighted by Crippen LogP contribution is -2.37. The fourth-order valence-corrected chi connectivity index (χ4v) is 11.1. The van der Waals surface area contributed by atoms with Gasteiger partial charge in [-0.05, 0) is 161 Å². The molecule has 6 unspecified atom stereocenters. The molecule has 2 saturated heterocycles. The number of carbonyl (C=O) groups is 4. The third kappa shape index (κ3) is 12.9. The molecule has 2 aromatic carbocycles. The van der Waals surface area contributed by atoms with Crippen LogP contribution in [0.1, 0.15) is 141 Å². The van der Waals surface area contributed by atoms with E-state index in [1.165, 1.54) is 32.1 Å². The van der Waals surface area contributed by atoms with Crippen molar-refractivity contribution in [1.29, 1.82) is 0 Å². The number of nitrogens with one attached hydrogen (secondary N) is 3. The van der Waals surface area contributed by atoms with Crippen LogP contribution >= 0.6 is 35.6 Å². The molecule has 4 aliphatic carbocycles. The zero-order chi connectivity index (χ0) is 46.9. The van der Waals surface area contributed by atoms with Crippen molar-refractivity contribution in [1.82, 2.24) is 50.8 Å². The lowest BCUT2D eigenvalue weighted by atomic mass is 9.99. The van der Waals surface area contributed by atoms with Crippen molar-refractivity contribution in [2.75, 3.05) is 33.3 Å². The molecule has 10 rings (SSSR count). The smallest absolute Gasteiger partial charge is 0.358 e. The first-order valence-corrected chi connectivity index (χ1v) is 23.7. The standard InChI is InChI=1S/C23H28ClN5O2.C19H21ClN4O3.C4H9N.CH3F.CH4.ClH/c1-2-19(25-22(30)14-5-7-15(24)8-6-14)21-17-11-16(12-18(17)21)29-13-20(26-27-29)23(31)28-9-3-4-10-28;1-2-15(21-18(25)10-3-5-11(20)6-4-10)17-13-7-12(8-14(13)17)24-9-16(19(26)27)22-23-24;1-2-4-5-3-1;1-2;;/h5-8,13,16-19,21H,2-4,9-12H2,1H3,(H,25,30);3-6,9,12-15,17H,2,7-8H2,1H3,(H,21,25)(H,26,27);5H,1-4H2;1H3;1H4;1H/t16?,17-,18+,19?,21?;12?,13-,14+,15?,17?;;;;/i;;;1D;;. The number of nitrogens with zero attached hydrogens (tertiary/aromatic N) is 7. The summed E-state index contributed by atoms with van der Waals surface area (Å²) in [6.07, 6.45) is 14.0. The van der Waals surface area contributed by atoms with Gasteiger partial charge in [0.05, 0.1) is 33.0 Å². The maximum Gasteiger partial charge on any atom is 0.358 e. The van der Waals surface area contributed by atoms with Gasteiger partial charge in [0.2, 0.25) is 0 Å². The molecule has 4 heterocycles. The van der Waals surface area contributed by atoms with Crippen molar-refractivity contribution in [3.05, 3.63) is 93.5 Å². The number of hydrogen-bond donors (Lipinski definition) is 4. The summed E-state index contributed by atoms with van der Waals surface area (Å²) < 4.78 is 19.1. The highest BCUT2D eigenvalue weighted by Gasteiger charge is 2.60. The number of aromatic carboxylic acids is 1. The summed E-state index contributed by atoms with van der Waals surface area (Å²) in [5.74, 6) is 2.13. The maximum absolute atomic E-state index is 12.6. The molecule has 4 saturated carbocycles. The molecule has 2 aromatic heterocycles. The van der Waals surface area contributed by atoms with Crippen LogP contribution in [-0.4, -0.2) is 109 Å². The van der Waals surface area contributed by atoms with E-state index in [0.717, 1.165) is 64.5 Å². The summed E-state index contributed by atoms with van der Waals surface area (Å²) in [4.78, 5) is 50.5. The number of benzene rings is 2. The quantitative estimate of drug-likeness (QED) is 0.107. The molecule has 2 aliphatic heterocycles. The number of halogens is 4. The summed E-state index contributed by atoms with van der Waals surface area (Å²) >= 11 is 11.8. The molecule has 4 N–H and O–H groups in total. The van der Waals surface area contributed by atoms with E-state index in [9.17, 15) is 23.6 Å². The van der Waals surface area contributed by atoms with Crippen LogP contribution in [0.5, 0.6) is 0 Å². The fourth-order valence-electron chi connectivity index (χ4n) is 10.8. The molecule has 3 amide bonds. The largest absolute Gasteiger partial charge is 0.476 e. The van der Waals surface area contributed by atoms with Crippen LogP contribution in [-0.2, 0) is 0 Å². The van der Waals surface area contributed by atoms with E-state index in [4.69, 9.17) is 29.7 Å². The number of rotatable bonds is 12. The summed E-state index contributed by atoms with van der Waals surface area (Å²) in [5, 5.41) is 35.9. The average molecular weight is 989 g/mol. The Labute approximate surface area is 410 Å². The molecule has 0 radical (unpaired) electrons. The molecule has 0 spiro atoms. The third-order valence-electron chi connectivity index (χ3n) is 14.2. The highest BCUT2D eigenvalue weighted by Crippen LogP contribution is 2.63. The SMILES string of the molecule is C.C1CCNC1.CCC(NC(=O)c1ccc(Cl)cc1)C1[C@H]2CC(n3cc(C(=O)N4CCCC4)nn3)C[C@@H]12.CCC(NC(=O)c1ccc(Cl)cc1)C1[C@H]2CC(n3cc(C(=O)O)nn3)C[C@@H]12.Cl.[2H]CF. The third-order valence-corrected chi connectivity index (χ3v) is 14.7. The first-order chi connectivity index (χ1) is 31.9. The van der Waals surface area contributed by atoms with Gasteiger partial charge >= 0.3 is 5.97 Å². The number of carboxylic acid groups (broad SMARTS) is 1. The van der Waals surface area contributed by atoms with Crippen molar-refractivity contribution in [3.63, 3.8) is 0 Å². The van der Waals surface area contributed by atoms with Gasteiger partial charge in [-0.2, -0.15) is 0 Å². The van der Waals surface area contributed by atoms with Crippen LogP contribution in [0.15, 0.2) is 60.9 Å². The molecular weight excluding hydrogens is 922 g/mol. The number of amides is 3. The van der Waals surface area contributed by atoms with Crippen LogP contribution in [0.25, 0.3) is 0 Å². The molecule has 15 nitrogen and oxygen atoms in total. The lowest BCUT2D eigenvalue weighted by Gasteiger charge is -2.21. The number of alkyl halides is 1. The normalized spacial score (nSPS) is 25.8. The van der Waals surface area contributed by atoms with E-state index in [-0.39, 0.29) is 61.4 Å². The minimum absolute atomic E-state index is 0. The second-order valence-electron chi connectivity index (χ2n) is 18.0. The maximum atomic E-state index is 12.6. The van der Waals surface area contributed by atoms with E-state index >= 15 is 0 Å². The van der Waals surface area contributed by atoms with E-state index in [1.807, 2.05) is 15.8 Å². The summed E-state index contributed by atoms with van der Waals surface area (Å²) in [6.45, 7) is 8.36. The van der Waals surface area contributed by atoms with Gasteiger partial charge in [0.1, 0.15) is 0 Å². The number of likely N-dealkylation sites (tertiary alicyclic amines) is 1. The minimum atomic E-state index is -1.06. The Morgan fingerprint density at radius 3 is 1.46 bits per heavy atom. The van der Waals surface area contributed by atoms with Crippen LogP contribution in [0.4, 0.5) is 4.39 Å². The molecule has 6 aliphatic rings. The number of carbonyl (C=O) groups excluding carboxylic acids is 3.